The molecule has 0 aliphatic heterocycles. The minimum Gasteiger partial charge on any atom is -0.468 e. The first kappa shape index (κ1) is 21.6. The molecule has 0 radical (unpaired) electrons. The van der Waals surface area contributed by atoms with Gasteiger partial charge in [-0.2, -0.15) is 13.2 Å². The van der Waals surface area contributed by atoms with Gasteiger partial charge in [0.05, 0.1) is 5.75 Å². The highest BCUT2D eigenvalue weighted by molar-refractivity contribution is 7.89. The van der Waals surface area contributed by atoms with E-state index in [1.54, 1.807) is 24.3 Å². The number of pyridine rings is 1. The van der Waals surface area contributed by atoms with Gasteiger partial charge in [0.25, 0.3) is 5.91 Å². The number of carbonyl (C=O) groups is 1. The molecule has 2 aromatic heterocycles. The molecule has 0 aliphatic rings. The number of benzene rings is 1. The lowest BCUT2D eigenvalue weighted by Gasteiger charge is -2.12. The summed E-state index contributed by atoms with van der Waals surface area (Å²) in [4.78, 5) is 16.4. The normalized spacial score (nSPS) is 12.1. The molecule has 1 amide bonds. The number of fused-ring (bicyclic) bond motifs is 1. The molecule has 1 N–H and O–H groups in total. The quantitative estimate of drug-likeness (QED) is 0.603. The van der Waals surface area contributed by atoms with E-state index in [1.165, 1.54) is 18.3 Å². The Labute approximate surface area is 169 Å². The van der Waals surface area contributed by atoms with E-state index < -0.39 is 34.3 Å². The second kappa shape index (κ2) is 8.34. The Hall–Kier alpha value is -3.08. The molecule has 160 valence electrons. The van der Waals surface area contributed by atoms with E-state index in [4.69, 9.17) is 4.42 Å². The number of rotatable bonds is 7. The average Bonchev–Trinajstić information content (AvgIpc) is 3.01. The number of halogens is 3. The molecule has 7 nitrogen and oxygen atoms in total. The van der Waals surface area contributed by atoms with Crippen molar-refractivity contribution in [2.75, 3.05) is 12.9 Å². The molecule has 0 fully saturated rings. The number of alkyl halides is 3. The first-order chi connectivity index (χ1) is 14.0. The van der Waals surface area contributed by atoms with Gasteiger partial charge in [0.1, 0.15) is 5.58 Å². The summed E-state index contributed by atoms with van der Waals surface area (Å²) in [5, 5.41) is 3.00. The summed E-state index contributed by atoms with van der Waals surface area (Å²) in [6.07, 6.45) is -2.23. The smallest absolute Gasteiger partial charge is 0.422 e. The third-order valence-corrected chi connectivity index (χ3v) is 4.79. The molecule has 0 unspecified atom stereocenters. The van der Waals surface area contributed by atoms with Crippen LogP contribution in [0.5, 0.6) is 5.88 Å². The van der Waals surface area contributed by atoms with Crippen LogP contribution < -0.4 is 10.1 Å². The summed E-state index contributed by atoms with van der Waals surface area (Å²) in [5.74, 6) is -1.56. The van der Waals surface area contributed by atoms with Crippen molar-refractivity contribution in [2.24, 2.45) is 0 Å². The summed E-state index contributed by atoms with van der Waals surface area (Å²) in [6.45, 7) is -1.72. The van der Waals surface area contributed by atoms with E-state index in [-0.39, 0.29) is 29.3 Å². The van der Waals surface area contributed by atoms with Gasteiger partial charge >= 0.3 is 6.18 Å². The third-order valence-electron chi connectivity index (χ3n) is 3.97. The first-order valence-electron chi connectivity index (χ1n) is 8.63. The van der Waals surface area contributed by atoms with Crippen LogP contribution in [0.1, 0.15) is 21.7 Å². The molecule has 0 atom stereocenters. The van der Waals surface area contributed by atoms with Crippen molar-refractivity contribution in [3.05, 3.63) is 59.5 Å². The monoisotopic (exact) mass is 442 g/mol. The number of nitrogens with one attached hydrogen (secondary N) is 1. The lowest BCUT2D eigenvalue weighted by atomic mass is 10.1. The number of nitrogens with zero attached hydrogens (tertiary/aromatic N) is 1. The predicted octanol–water partition coefficient (Wildman–Crippen LogP) is 3.24. The molecule has 2 heterocycles. The molecule has 0 saturated heterocycles. The Morgan fingerprint density at radius 3 is 2.63 bits per heavy atom. The number of carbonyl (C=O) groups excluding carboxylic acids is 1. The van der Waals surface area contributed by atoms with E-state index in [9.17, 15) is 26.4 Å². The van der Waals surface area contributed by atoms with Crippen LogP contribution in [0.4, 0.5) is 13.2 Å². The number of sulfone groups is 1. The number of hydrogen-bond donors (Lipinski definition) is 1. The van der Waals surface area contributed by atoms with Gasteiger partial charge in [-0.15, -0.1) is 0 Å². The maximum absolute atomic E-state index is 12.7. The molecular weight excluding hydrogens is 425 g/mol. The van der Waals surface area contributed by atoms with Crippen LogP contribution in [-0.2, 0) is 22.1 Å². The Morgan fingerprint density at radius 1 is 1.20 bits per heavy atom. The summed E-state index contributed by atoms with van der Waals surface area (Å²) >= 11 is 0. The second-order valence-corrected chi connectivity index (χ2v) is 8.67. The highest BCUT2D eigenvalue weighted by Gasteiger charge is 2.29. The molecule has 3 aromatic rings. The number of ether oxygens (including phenoxy) is 1. The Kier molecular flexibility index (Phi) is 6.01. The first-order valence-corrected chi connectivity index (χ1v) is 10.7. The summed E-state index contributed by atoms with van der Waals surface area (Å²) in [6, 6.07) is 9.54. The fraction of sp³-hybridized carbons (Fsp3) is 0.263. The van der Waals surface area contributed by atoms with Gasteiger partial charge in [0.2, 0.25) is 5.88 Å². The van der Waals surface area contributed by atoms with Crippen molar-refractivity contribution in [2.45, 2.75) is 18.5 Å². The van der Waals surface area contributed by atoms with Crippen LogP contribution in [-0.4, -0.2) is 38.3 Å². The van der Waals surface area contributed by atoms with E-state index in [1.807, 2.05) is 0 Å². The van der Waals surface area contributed by atoms with Crippen LogP contribution in [0.2, 0.25) is 0 Å². The lowest BCUT2D eigenvalue weighted by molar-refractivity contribution is -0.154. The largest absolute Gasteiger partial charge is 0.468 e. The molecule has 0 aliphatic carbocycles. The van der Waals surface area contributed by atoms with Crippen molar-refractivity contribution in [1.82, 2.24) is 10.3 Å². The highest BCUT2D eigenvalue weighted by atomic mass is 32.2. The molecular formula is C19H17F3N2O5S. The maximum Gasteiger partial charge on any atom is 0.422 e. The number of furan rings is 1. The van der Waals surface area contributed by atoms with Crippen molar-refractivity contribution in [3.8, 4) is 5.88 Å². The summed E-state index contributed by atoms with van der Waals surface area (Å²) in [5.41, 5.74) is 0.776. The fourth-order valence-electron chi connectivity index (χ4n) is 2.78. The van der Waals surface area contributed by atoms with Crippen LogP contribution in [0.25, 0.3) is 11.0 Å². The molecule has 0 spiro atoms. The van der Waals surface area contributed by atoms with E-state index in [2.05, 4.69) is 15.0 Å². The van der Waals surface area contributed by atoms with Gasteiger partial charge in [-0.1, -0.05) is 24.3 Å². The number of hydrogen-bond acceptors (Lipinski definition) is 6. The van der Waals surface area contributed by atoms with Gasteiger partial charge in [-0.25, -0.2) is 13.4 Å². The highest BCUT2D eigenvalue weighted by Crippen LogP contribution is 2.28. The minimum absolute atomic E-state index is 0.178. The maximum atomic E-state index is 12.7. The zero-order chi connectivity index (χ0) is 21.9. The van der Waals surface area contributed by atoms with Gasteiger partial charge in [-0.3, -0.25) is 4.79 Å². The van der Waals surface area contributed by atoms with Crippen LogP contribution >= 0.6 is 0 Å². The van der Waals surface area contributed by atoms with E-state index in [0.717, 1.165) is 6.26 Å². The van der Waals surface area contributed by atoms with Crippen LogP contribution in [0.15, 0.2) is 47.0 Å². The number of amides is 1. The number of para-hydroxylation sites is 1. The number of aromatic nitrogens is 1. The van der Waals surface area contributed by atoms with Crippen molar-refractivity contribution < 1.29 is 35.5 Å². The van der Waals surface area contributed by atoms with Gasteiger partial charge in [0.15, 0.2) is 22.2 Å². The Morgan fingerprint density at radius 2 is 1.93 bits per heavy atom. The van der Waals surface area contributed by atoms with Crippen molar-refractivity contribution >= 4 is 26.7 Å². The van der Waals surface area contributed by atoms with Gasteiger partial charge in [0, 0.05) is 35.5 Å². The van der Waals surface area contributed by atoms with Gasteiger partial charge in [-0.05, 0) is 12.1 Å². The van der Waals surface area contributed by atoms with Crippen LogP contribution in [0.3, 0.4) is 0 Å². The lowest BCUT2D eigenvalue weighted by Crippen LogP contribution is -2.25. The second-order valence-electron chi connectivity index (χ2n) is 6.53. The molecule has 30 heavy (non-hydrogen) atoms. The zero-order valence-corrected chi connectivity index (χ0v) is 16.5. The van der Waals surface area contributed by atoms with Gasteiger partial charge < -0.3 is 14.5 Å². The third kappa shape index (κ3) is 5.50. The predicted molar refractivity (Wildman–Crippen MR) is 102 cm³/mol. The SMILES string of the molecule is CS(=O)(=O)Cc1c(C(=O)NCc2cccnc2OCC(F)(F)F)oc2ccccc12. The molecule has 0 saturated carbocycles. The fourth-order valence-corrected chi connectivity index (χ4v) is 3.59. The molecule has 3 rings (SSSR count). The zero-order valence-electron chi connectivity index (χ0n) is 15.7. The van der Waals surface area contributed by atoms with E-state index >= 15 is 0 Å². The Bertz CT molecular complexity index is 1170. The summed E-state index contributed by atoms with van der Waals surface area (Å²) < 4.78 is 71.1. The molecule has 0 bridgehead atoms. The summed E-state index contributed by atoms with van der Waals surface area (Å²) in [7, 11) is -3.47. The minimum atomic E-state index is -4.53. The van der Waals surface area contributed by atoms with E-state index in [0.29, 0.717) is 11.0 Å². The van der Waals surface area contributed by atoms with Crippen molar-refractivity contribution in [1.29, 1.82) is 0 Å². The standard InChI is InChI=1S/C19H17F3N2O5S/c1-30(26,27)10-14-13-6-2-3-7-15(13)29-16(14)17(25)24-9-12-5-4-8-23-18(12)28-11-19(20,21)22/h2-8H,9-11H2,1H3,(H,24,25). The average molecular weight is 442 g/mol. The Balaban J connectivity index is 1.82. The van der Waals surface area contributed by atoms with Crippen LogP contribution in [0, 0.1) is 0 Å². The molecule has 11 heteroatoms. The van der Waals surface area contributed by atoms with Crippen molar-refractivity contribution in [3.63, 3.8) is 0 Å². The topological polar surface area (TPSA) is 98.5 Å². The molecule has 1 aromatic carbocycles.